The van der Waals surface area contributed by atoms with Gasteiger partial charge in [0.15, 0.2) is 29.0 Å². The van der Waals surface area contributed by atoms with Crippen molar-refractivity contribution < 1.29 is 23.0 Å². The van der Waals surface area contributed by atoms with Gasteiger partial charge in [0.1, 0.15) is 5.82 Å². The zero-order valence-electron chi connectivity index (χ0n) is 14.4. The first-order valence-corrected chi connectivity index (χ1v) is 8.31. The van der Waals surface area contributed by atoms with Crippen molar-refractivity contribution in [3.63, 3.8) is 0 Å². The summed E-state index contributed by atoms with van der Waals surface area (Å²) in [6, 6.07) is 11.7. The lowest BCUT2D eigenvalue weighted by Crippen LogP contribution is -2.14. The molecule has 0 spiro atoms. The van der Waals surface area contributed by atoms with Crippen LogP contribution in [-0.4, -0.2) is 22.9 Å². The van der Waals surface area contributed by atoms with Gasteiger partial charge in [-0.2, -0.15) is 0 Å². The molecule has 1 aliphatic heterocycles. The molecule has 0 radical (unpaired) electrons. The number of anilines is 2. The van der Waals surface area contributed by atoms with Gasteiger partial charge in [-0.25, -0.2) is 8.78 Å². The molecule has 0 saturated heterocycles. The fourth-order valence-electron chi connectivity index (χ4n) is 2.56. The summed E-state index contributed by atoms with van der Waals surface area (Å²) in [4.78, 5) is 12.1. The highest BCUT2D eigenvalue weighted by molar-refractivity contribution is 6.03. The van der Waals surface area contributed by atoms with Gasteiger partial charge in [-0.1, -0.05) is 6.07 Å². The summed E-state index contributed by atoms with van der Waals surface area (Å²) in [7, 11) is 0. The third kappa shape index (κ3) is 3.83. The van der Waals surface area contributed by atoms with Gasteiger partial charge >= 0.3 is 0 Å². The zero-order chi connectivity index (χ0) is 19.5. The van der Waals surface area contributed by atoms with Gasteiger partial charge < -0.3 is 20.1 Å². The van der Waals surface area contributed by atoms with Gasteiger partial charge in [0.05, 0.1) is 0 Å². The monoisotopic (exact) mass is 384 g/mol. The van der Waals surface area contributed by atoms with Crippen molar-refractivity contribution in [3.8, 4) is 11.5 Å². The van der Waals surface area contributed by atoms with E-state index in [1.54, 1.807) is 12.1 Å². The van der Waals surface area contributed by atoms with Crippen molar-refractivity contribution in [1.29, 1.82) is 0 Å². The van der Waals surface area contributed by atoms with Crippen LogP contribution in [0.3, 0.4) is 0 Å². The maximum atomic E-state index is 13.2. The van der Waals surface area contributed by atoms with E-state index in [0.29, 0.717) is 23.9 Å². The molecule has 2 aromatic carbocycles. The van der Waals surface area contributed by atoms with Crippen LogP contribution in [0.15, 0.2) is 48.5 Å². The fourth-order valence-corrected chi connectivity index (χ4v) is 2.56. The molecule has 142 valence electrons. The Morgan fingerprint density at radius 1 is 0.929 bits per heavy atom. The summed E-state index contributed by atoms with van der Waals surface area (Å²) < 4.78 is 36.8. The van der Waals surface area contributed by atoms with Gasteiger partial charge in [0.25, 0.3) is 5.91 Å². The molecular weight excluding hydrogens is 370 g/mol. The first kappa shape index (κ1) is 17.7. The predicted molar refractivity (Wildman–Crippen MR) is 96.2 cm³/mol. The largest absolute Gasteiger partial charge is 0.454 e. The van der Waals surface area contributed by atoms with Gasteiger partial charge in [0, 0.05) is 12.1 Å². The van der Waals surface area contributed by atoms with E-state index in [1.165, 1.54) is 6.07 Å². The highest BCUT2D eigenvalue weighted by Crippen LogP contribution is 2.32. The Morgan fingerprint density at radius 2 is 1.71 bits per heavy atom. The topological polar surface area (TPSA) is 85.4 Å². The second kappa shape index (κ2) is 7.47. The number of rotatable bonds is 5. The lowest BCUT2D eigenvalue weighted by Gasteiger charge is -2.08. The lowest BCUT2D eigenvalue weighted by atomic mass is 10.2. The maximum absolute atomic E-state index is 13.2. The molecule has 3 aromatic rings. The maximum Gasteiger partial charge on any atom is 0.256 e. The van der Waals surface area contributed by atoms with Crippen LogP contribution in [0.1, 0.15) is 15.9 Å². The number of hydrogen-bond donors (Lipinski definition) is 2. The number of carbonyl (C=O) groups is 1. The van der Waals surface area contributed by atoms with E-state index < -0.39 is 17.5 Å². The molecular formula is C19H14F2N4O3. The minimum absolute atomic E-state index is 0.0225. The average Bonchev–Trinajstić information content (AvgIpc) is 3.17. The molecule has 0 unspecified atom stereocenters. The summed E-state index contributed by atoms with van der Waals surface area (Å²) in [6.07, 6.45) is 0. The van der Waals surface area contributed by atoms with E-state index in [2.05, 4.69) is 20.8 Å². The average molecular weight is 384 g/mol. The molecule has 2 N–H and O–H groups in total. The third-order valence-corrected chi connectivity index (χ3v) is 4.00. The smallest absolute Gasteiger partial charge is 0.256 e. The van der Waals surface area contributed by atoms with Crippen LogP contribution >= 0.6 is 0 Å². The van der Waals surface area contributed by atoms with E-state index in [0.717, 1.165) is 17.7 Å². The fraction of sp³-hybridized carbons (Fsp3) is 0.105. The minimum atomic E-state index is -1.10. The molecule has 2 heterocycles. The Bertz CT molecular complexity index is 1030. The molecule has 0 aliphatic carbocycles. The van der Waals surface area contributed by atoms with Crippen LogP contribution in [0.25, 0.3) is 0 Å². The van der Waals surface area contributed by atoms with Crippen LogP contribution < -0.4 is 20.1 Å². The molecule has 28 heavy (non-hydrogen) atoms. The van der Waals surface area contributed by atoms with Crippen LogP contribution in [0.4, 0.5) is 20.4 Å². The van der Waals surface area contributed by atoms with E-state index in [-0.39, 0.29) is 18.2 Å². The van der Waals surface area contributed by atoms with Crippen LogP contribution in [0.5, 0.6) is 11.5 Å². The number of nitrogens with one attached hydrogen (secondary N) is 2. The Labute approximate surface area is 158 Å². The van der Waals surface area contributed by atoms with Crippen molar-refractivity contribution in [3.05, 3.63) is 71.3 Å². The number of halogens is 2. The second-order valence-electron chi connectivity index (χ2n) is 5.93. The first-order chi connectivity index (χ1) is 13.6. The number of carbonyl (C=O) groups excluding carboxylic acids is 1. The molecule has 1 aliphatic rings. The summed E-state index contributed by atoms with van der Waals surface area (Å²) in [5.41, 5.74) is 0.951. The van der Waals surface area contributed by atoms with Crippen molar-refractivity contribution >= 4 is 17.5 Å². The molecule has 9 heteroatoms. The van der Waals surface area contributed by atoms with Gasteiger partial charge in [0.2, 0.25) is 6.79 Å². The zero-order valence-corrected chi connectivity index (χ0v) is 14.4. The van der Waals surface area contributed by atoms with Gasteiger partial charge in [-0.05, 0) is 48.0 Å². The van der Waals surface area contributed by atoms with Crippen LogP contribution in [-0.2, 0) is 6.54 Å². The number of nitrogens with zero attached hydrogens (tertiary/aromatic N) is 2. The molecule has 4 rings (SSSR count). The molecule has 0 bridgehead atoms. The van der Waals surface area contributed by atoms with E-state index in [1.807, 2.05) is 18.2 Å². The Balaban J connectivity index is 1.35. The Hall–Kier alpha value is -3.75. The minimum Gasteiger partial charge on any atom is -0.454 e. The SMILES string of the molecule is O=C(Nc1ccc(NCc2ccc3c(c2)OCO3)nn1)c1ccc(F)c(F)c1. The predicted octanol–water partition coefficient (Wildman–Crippen LogP) is 3.35. The van der Waals surface area contributed by atoms with Crippen molar-refractivity contribution in [2.75, 3.05) is 17.4 Å². The summed E-state index contributed by atoms with van der Waals surface area (Å²) in [6.45, 7) is 0.710. The van der Waals surface area contributed by atoms with Crippen molar-refractivity contribution in [1.82, 2.24) is 10.2 Å². The molecule has 0 saturated carbocycles. The molecule has 0 atom stereocenters. The Morgan fingerprint density at radius 3 is 2.50 bits per heavy atom. The highest BCUT2D eigenvalue weighted by Gasteiger charge is 2.13. The Kier molecular flexibility index (Phi) is 4.71. The second-order valence-corrected chi connectivity index (χ2v) is 5.93. The van der Waals surface area contributed by atoms with E-state index >= 15 is 0 Å². The summed E-state index contributed by atoms with van der Waals surface area (Å²) in [5.74, 6) is -0.637. The third-order valence-electron chi connectivity index (χ3n) is 4.00. The van der Waals surface area contributed by atoms with Crippen LogP contribution in [0.2, 0.25) is 0 Å². The molecule has 0 fully saturated rings. The number of ether oxygens (including phenoxy) is 2. The number of benzene rings is 2. The molecule has 1 aromatic heterocycles. The van der Waals surface area contributed by atoms with Gasteiger partial charge in [-0.15, -0.1) is 10.2 Å². The highest BCUT2D eigenvalue weighted by atomic mass is 19.2. The standard InChI is InChI=1S/C19H14F2N4O3/c20-13-3-2-12(8-14(13)21)19(26)23-18-6-5-17(24-25-18)22-9-11-1-4-15-16(7-11)28-10-27-15/h1-8H,9-10H2,(H,22,24)(H,23,25,26). The van der Waals surface area contributed by atoms with Crippen molar-refractivity contribution in [2.24, 2.45) is 0 Å². The first-order valence-electron chi connectivity index (χ1n) is 8.31. The number of fused-ring (bicyclic) bond motifs is 1. The van der Waals surface area contributed by atoms with Gasteiger partial charge in [-0.3, -0.25) is 4.79 Å². The quantitative estimate of drug-likeness (QED) is 0.702. The molecule has 7 nitrogen and oxygen atoms in total. The lowest BCUT2D eigenvalue weighted by molar-refractivity contribution is 0.102. The van der Waals surface area contributed by atoms with E-state index in [4.69, 9.17) is 9.47 Å². The molecule has 1 amide bonds. The summed E-state index contributed by atoms with van der Waals surface area (Å²) >= 11 is 0. The summed E-state index contributed by atoms with van der Waals surface area (Å²) in [5, 5.41) is 13.5. The van der Waals surface area contributed by atoms with E-state index in [9.17, 15) is 13.6 Å². The van der Waals surface area contributed by atoms with Crippen molar-refractivity contribution in [2.45, 2.75) is 6.54 Å². The number of aromatic nitrogens is 2. The number of hydrogen-bond acceptors (Lipinski definition) is 6. The number of amides is 1. The van der Waals surface area contributed by atoms with Crippen LogP contribution in [0, 0.1) is 11.6 Å². The normalized spacial score (nSPS) is 11.9.